The van der Waals surface area contributed by atoms with Crippen LogP contribution in [0.25, 0.3) is 43.4 Å². The van der Waals surface area contributed by atoms with E-state index in [9.17, 15) is 4.79 Å². The van der Waals surface area contributed by atoms with Crippen molar-refractivity contribution in [3.8, 4) is 43.4 Å². The van der Waals surface area contributed by atoms with E-state index in [0.717, 1.165) is 20.9 Å². The normalized spacial score (nSPS) is 10.9. The van der Waals surface area contributed by atoms with Gasteiger partial charge in [-0.15, -0.1) is 0 Å². The molecule has 0 aliphatic rings. The van der Waals surface area contributed by atoms with E-state index in [1.807, 2.05) is 72.8 Å². The molecule has 0 saturated carbocycles. The first kappa shape index (κ1) is 23.7. The molecule has 0 aliphatic heterocycles. The summed E-state index contributed by atoms with van der Waals surface area (Å²) in [6.07, 6.45) is 3.21. The van der Waals surface area contributed by atoms with Crippen molar-refractivity contribution in [1.82, 2.24) is 19.9 Å². The summed E-state index contributed by atoms with van der Waals surface area (Å²) < 4.78 is 0. The van der Waals surface area contributed by atoms with Crippen molar-refractivity contribution < 1.29 is 4.79 Å². The Morgan fingerprint density at radius 2 is 1.00 bits per heavy atom. The molecule has 9 heteroatoms. The van der Waals surface area contributed by atoms with Crippen molar-refractivity contribution in [3.05, 3.63) is 109 Å². The first-order chi connectivity index (χ1) is 18.6. The summed E-state index contributed by atoms with van der Waals surface area (Å²) >= 11 is 2.64. The molecule has 2 aromatic carbocycles. The molecule has 0 radical (unpaired) electrons. The van der Waals surface area contributed by atoms with Crippen molar-refractivity contribution in [1.29, 1.82) is 0 Å². The summed E-state index contributed by atoms with van der Waals surface area (Å²) in [7, 11) is 0. The van der Waals surface area contributed by atoms with E-state index in [4.69, 9.17) is 11.5 Å². The van der Waals surface area contributed by atoms with E-state index in [2.05, 4.69) is 19.9 Å². The van der Waals surface area contributed by atoms with Crippen LogP contribution in [0.3, 0.4) is 0 Å². The van der Waals surface area contributed by atoms with Crippen LogP contribution < -0.4 is 11.5 Å². The third-order valence-electron chi connectivity index (χ3n) is 5.92. The number of rotatable bonds is 6. The quantitative estimate of drug-likeness (QED) is 0.236. The van der Waals surface area contributed by atoms with E-state index in [1.54, 1.807) is 24.5 Å². The van der Waals surface area contributed by atoms with Crippen LogP contribution >= 0.6 is 22.7 Å². The number of benzene rings is 2. The van der Waals surface area contributed by atoms with Crippen LogP contribution in [0.5, 0.6) is 0 Å². The molecule has 4 aromatic heterocycles. The van der Waals surface area contributed by atoms with Gasteiger partial charge in [0.2, 0.25) is 5.78 Å². The molecule has 6 rings (SSSR count). The molecule has 4 heterocycles. The molecule has 0 aliphatic carbocycles. The van der Waals surface area contributed by atoms with Gasteiger partial charge in [-0.2, -0.15) is 0 Å². The van der Waals surface area contributed by atoms with Gasteiger partial charge in [0.25, 0.3) is 0 Å². The highest BCUT2D eigenvalue weighted by molar-refractivity contribution is 7.19. The fourth-order valence-corrected chi connectivity index (χ4v) is 6.03. The van der Waals surface area contributed by atoms with E-state index in [-0.39, 0.29) is 17.2 Å². The van der Waals surface area contributed by atoms with Crippen LogP contribution in [0.4, 0.5) is 10.3 Å². The maximum atomic E-state index is 14.1. The molecule has 4 N–H and O–H groups in total. The number of hydrogen-bond donors (Lipinski definition) is 2. The van der Waals surface area contributed by atoms with E-state index >= 15 is 0 Å². The molecule has 0 fully saturated rings. The van der Waals surface area contributed by atoms with E-state index < -0.39 is 0 Å². The molecule has 0 amide bonds. The summed E-state index contributed by atoms with van der Waals surface area (Å²) in [5, 5.41) is 0.819. The summed E-state index contributed by atoms with van der Waals surface area (Å²) in [4.78, 5) is 33.8. The standard InChI is InChI=1S/C29H20N6OS2/c30-28-34-21(17-9-3-1-4-10-17)26(37-28)19-13-7-15-32-23(19)25(36)24-20(14-8-16-33-24)27-22(35-29(31)38-27)18-11-5-2-6-12-18/h1-16H,(H2,30,34)(H2,31,35). The Morgan fingerprint density at radius 3 is 1.42 bits per heavy atom. The van der Waals surface area contributed by atoms with Gasteiger partial charge in [0, 0.05) is 34.6 Å². The van der Waals surface area contributed by atoms with Crippen LogP contribution in [0, 0.1) is 0 Å². The Balaban J connectivity index is 1.49. The SMILES string of the molecule is Nc1nc(-c2ccccc2)c(-c2cccnc2C(=O)c2ncccc2-c2sc(N)nc2-c2ccccc2)s1. The number of anilines is 2. The highest BCUT2D eigenvalue weighted by Gasteiger charge is 2.26. The molecule has 6 aromatic rings. The van der Waals surface area contributed by atoms with Gasteiger partial charge < -0.3 is 11.5 Å². The molecular formula is C29H20N6OS2. The molecule has 0 spiro atoms. The second kappa shape index (κ2) is 9.97. The van der Waals surface area contributed by atoms with Crippen molar-refractivity contribution in [2.75, 3.05) is 11.5 Å². The lowest BCUT2D eigenvalue weighted by molar-refractivity contribution is 0.103. The number of nitrogens with zero attached hydrogens (tertiary/aromatic N) is 4. The highest BCUT2D eigenvalue weighted by atomic mass is 32.1. The molecule has 7 nitrogen and oxygen atoms in total. The fraction of sp³-hybridized carbons (Fsp3) is 0. The average Bonchev–Trinajstić information content (AvgIpc) is 3.56. The second-order valence-corrected chi connectivity index (χ2v) is 10.4. The minimum Gasteiger partial charge on any atom is -0.375 e. The molecule has 38 heavy (non-hydrogen) atoms. The van der Waals surface area contributed by atoms with Crippen molar-refractivity contribution in [2.24, 2.45) is 0 Å². The number of carbonyl (C=O) groups is 1. The zero-order valence-electron chi connectivity index (χ0n) is 19.9. The zero-order valence-corrected chi connectivity index (χ0v) is 21.5. The van der Waals surface area contributed by atoms with Gasteiger partial charge in [-0.05, 0) is 24.3 Å². The molecule has 0 saturated heterocycles. The van der Waals surface area contributed by atoms with Crippen molar-refractivity contribution in [2.45, 2.75) is 0 Å². The Bertz CT molecular complexity index is 1630. The van der Waals surface area contributed by atoms with Crippen LogP contribution in [0.15, 0.2) is 97.3 Å². The molecule has 0 atom stereocenters. The third kappa shape index (κ3) is 4.34. The second-order valence-electron chi connectivity index (χ2n) is 8.32. The number of nitrogen functional groups attached to an aromatic ring is 2. The number of carbonyl (C=O) groups excluding carboxylic acids is 1. The van der Waals surface area contributed by atoms with Crippen LogP contribution in [0.2, 0.25) is 0 Å². The first-order valence-electron chi connectivity index (χ1n) is 11.7. The number of aromatic nitrogens is 4. The first-order valence-corrected chi connectivity index (χ1v) is 13.3. The smallest absolute Gasteiger partial charge is 0.230 e. The topological polar surface area (TPSA) is 121 Å². The van der Waals surface area contributed by atoms with Gasteiger partial charge in [-0.3, -0.25) is 14.8 Å². The fourth-order valence-electron chi connectivity index (χ4n) is 4.27. The van der Waals surface area contributed by atoms with Gasteiger partial charge in [0.05, 0.1) is 21.1 Å². The largest absolute Gasteiger partial charge is 0.375 e. The maximum Gasteiger partial charge on any atom is 0.230 e. The lowest BCUT2D eigenvalue weighted by Crippen LogP contribution is -2.10. The minimum absolute atomic E-state index is 0.270. The van der Waals surface area contributed by atoms with E-state index in [0.29, 0.717) is 32.8 Å². The van der Waals surface area contributed by atoms with Gasteiger partial charge in [0.15, 0.2) is 10.3 Å². The summed E-state index contributed by atoms with van der Waals surface area (Å²) in [6, 6.07) is 26.8. The lowest BCUT2D eigenvalue weighted by atomic mass is 9.99. The summed E-state index contributed by atoms with van der Waals surface area (Å²) in [5.41, 5.74) is 17.3. The molecular weight excluding hydrogens is 512 g/mol. The Kier molecular flexibility index (Phi) is 6.20. The predicted molar refractivity (Wildman–Crippen MR) is 154 cm³/mol. The number of pyridine rings is 2. The van der Waals surface area contributed by atoms with E-state index in [1.165, 1.54) is 22.7 Å². The Hall–Kier alpha value is -4.73. The lowest BCUT2D eigenvalue weighted by Gasteiger charge is -2.11. The van der Waals surface area contributed by atoms with Gasteiger partial charge >= 0.3 is 0 Å². The summed E-state index contributed by atoms with van der Waals surface area (Å²) in [6.45, 7) is 0. The zero-order chi connectivity index (χ0) is 26.1. The Labute approximate surface area is 226 Å². The molecule has 0 unspecified atom stereocenters. The van der Waals surface area contributed by atoms with Gasteiger partial charge in [-0.1, -0.05) is 83.3 Å². The van der Waals surface area contributed by atoms with Crippen LogP contribution in [-0.4, -0.2) is 25.7 Å². The number of hydrogen-bond acceptors (Lipinski definition) is 9. The highest BCUT2D eigenvalue weighted by Crippen LogP contribution is 2.42. The Morgan fingerprint density at radius 1 is 0.579 bits per heavy atom. The van der Waals surface area contributed by atoms with Crippen molar-refractivity contribution >= 4 is 38.7 Å². The predicted octanol–water partition coefficient (Wildman–Crippen LogP) is 6.45. The van der Waals surface area contributed by atoms with Crippen molar-refractivity contribution in [3.63, 3.8) is 0 Å². The third-order valence-corrected chi connectivity index (χ3v) is 7.75. The van der Waals surface area contributed by atoms with Crippen LogP contribution in [0.1, 0.15) is 16.2 Å². The molecule has 0 bridgehead atoms. The minimum atomic E-state index is -0.312. The number of thiazole rings is 2. The molecule has 184 valence electrons. The van der Waals surface area contributed by atoms with Gasteiger partial charge in [-0.25, -0.2) is 9.97 Å². The summed E-state index contributed by atoms with van der Waals surface area (Å²) in [5.74, 6) is -0.312. The van der Waals surface area contributed by atoms with Gasteiger partial charge in [0.1, 0.15) is 11.4 Å². The number of nitrogens with two attached hydrogens (primary N) is 2. The van der Waals surface area contributed by atoms with Crippen LogP contribution in [-0.2, 0) is 0 Å². The number of ketones is 1. The monoisotopic (exact) mass is 532 g/mol. The average molecular weight is 533 g/mol. The maximum absolute atomic E-state index is 14.1.